The summed E-state index contributed by atoms with van der Waals surface area (Å²) in [6.45, 7) is 2.00. The van der Waals surface area contributed by atoms with E-state index in [1.807, 2.05) is 115 Å². The Morgan fingerprint density at radius 1 is 0.723 bits per heavy atom. The van der Waals surface area contributed by atoms with Crippen LogP contribution in [-0.2, 0) is 21.1 Å². The molecule has 47 heavy (non-hydrogen) atoms. The Balaban J connectivity index is 0.00000324. The van der Waals surface area contributed by atoms with Crippen LogP contribution in [0.1, 0.15) is 0 Å². The van der Waals surface area contributed by atoms with Crippen molar-refractivity contribution in [2.75, 3.05) is 16.8 Å². The maximum Gasteiger partial charge on any atom is 0.216 e. The van der Waals surface area contributed by atoms with Crippen LogP contribution in [0.2, 0.25) is 0 Å². The molecule has 0 spiro atoms. The number of ether oxygens (including phenoxy) is 1. The molecule has 8 aromatic rings. The Kier molecular flexibility index (Phi) is 7.19. The van der Waals surface area contributed by atoms with Crippen LogP contribution in [0.5, 0.6) is 11.6 Å². The summed E-state index contributed by atoms with van der Waals surface area (Å²) in [6, 6.07) is 43.2. The number of para-hydroxylation sites is 3. The molecule has 0 saturated heterocycles. The van der Waals surface area contributed by atoms with Crippen LogP contribution in [0.25, 0.3) is 43.9 Å². The summed E-state index contributed by atoms with van der Waals surface area (Å²) in [5, 5.41) is 3.87. The van der Waals surface area contributed by atoms with Gasteiger partial charge in [0.15, 0.2) is 0 Å². The molecular weight excluding hydrogens is 768 g/mol. The van der Waals surface area contributed by atoms with E-state index in [0.29, 0.717) is 22.9 Å². The van der Waals surface area contributed by atoms with Crippen LogP contribution in [0.15, 0.2) is 137 Å². The van der Waals surface area contributed by atoms with E-state index in [9.17, 15) is 0 Å². The molecule has 0 saturated carbocycles. The van der Waals surface area contributed by atoms with Gasteiger partial charge < -0.3 is 28.3 Å². The molecule has 0 N–H and O–H groups in total. The van der Waals surface area contributed by atoms with Crippen molar-refractivity contribution in [1.29, 1.82) is 0 Å². The first kappa shape index (κ1) is 28.9. The normalized spacial score (nSPS) is 12.8. The quantitative estimate of drug-likeness (QED) is 0.156. The molecule has 3 aromatic heterocycles. The van der Waals surface area contributed by atoms with Crippen molar-refractivity contribution in [2.45, 2.75) is 0 Å². The molecule has 0 radical (unpaired) electrons. The topological polar surface area (TPSA) is 58.1 Å². The van der Waals surface area contributed by atoms with Gasteiger partial charge >= 0.3 is 0 Å². The molecule has 8 heteroatoms. The fourth-order valence-electron chi connectivity index (χ4n) is 6.04. The van der Waals surface area contributed by atoms with Crippen molar-refractivity contribution >= 4 is 66.6 Å². The van der Waals surface area contributed by atoms with Gasteiger partial charge in [0.05, 0.1) is 0 Å². The van der Waals surface area contributed by atoms with Gasteiger partial charge in [-0.2, -0.15) is 6.67 Å². The third-order valence-corrected chi connectivity index (χ3v) is 8.10. The first-order chi connectivity index (χ1) is 22.7. The second-order valence-corrected chi connectivity index (χ2v) is 11.1. The molecule has 0 unspecified atom stereocenters. The SMILES string of the molecule is CN1C=CN(c2[c-]c(N(c3ccccc3)c3[c-]c(Oc4ccccn4)cc4c3oc3ccccc34)cc3c2oc2ccccc23)[CH-]1.[Pt]. The molecule has 5 aromatic carbocycles. The number of pyridine rings is 1. The molecule has 9 rings (SSSR count). The summed E-state index contributed by atoms with van der Waals surface area (Å²) in [6.07, 6.45) is 5.70. The molecule has 0 amide bonds. The molecule has 0 bridgehead atoms. The molecule has 0 fully saturated rings. The summed E-state index contributed by atoms with van der Waals surface area (Å²) in [5.74, 6) is 0.991. The van der Waals surface area contributed by atoms with Gasteiger partial charge in [0, 0.05) is 66.7 Å². The van der Waals surface area contributed by atoms with E-state index in [4.69, 9.17) is 13.6 Å². The molecule has 1 aliphatic heterocycles. The van der Waals surface area contributed by atoms with E-state index < -0.39 is 0 Å². The van der Waals surface area contributed by atoms with Crippen LogP contribution in [0.4, 0.5) is 22.7 Å². The van der Waals surface area contributed by atoms with Crippen LogP contribution in [-0.4, -0.2) is 16.9 Å². The van der Waals surface area contributed by atoms with Crippen LogP contribution in [0.3, 0.4) is 0 Å². The maximum atomic E-state index is 6.59. The van der Waals surface area contributed by atoms with Crippen molar-refractivity contribution in [3.05, 3.63) is 147 Å². The number of rotatable bonds is 6. The van der Waals surface area contributed by atoms with E-state index in [1.54, 1.807) is 6.20 Å². The Morgan fingerprint density at radius 3 is 2.11 bits per heavy atom. The summed E-state index contributed by atoms with van der Waals surface area (Å²) in [4.78, 5) is 10.5. The Labute approximate surface area is 285 Å². The van der Waals surface area contributed by atoms with E-state index in [0.717, 1.165) is 55.4 Å². The zero-order valence-corrected chi connectivity index (χ0v) is 27.3. The van der Waals surface area contributed by atoms with Gasteiger partial charge in [-0.05, 0) is 55.5 Å². The van der Waals surface area contributed by atoms with Gasteiger partial charge in [-0.3, -0.25) is 0 Å². The molecule has 7 nitrogen and oxygen atoms in total. The number of nitrogens with zero attached hydrogens (tertiary/aromatic N) is 4. The van der Waals surface area contributed by atoms with Gasteiger partial charge in [0.2, 0.25) is 5.88 Å². The monoisotopic (exact) mass is 792 g/mol. The number of anilines is 4. The minimum Gasteiger partial charge on any atom is -0.514 e. The molecule has 232 valence electrons. The molecule has 4 heterocycles. The smallest absolute Gasteiger partial charge is 0.216 e. The Hall–Kier alpha value is -5.52. The largest absolute Gasteiger partial charge is 0.514 e. The third-order valence-electron chi connectivity index (χ3n) is 8.10. The average Bonchev–Trinajstić information content (AvgIpc) is 3.81. The number of benzene rings is 5. The number of fused-ring (bicyclic) bond motifs is 6. The maximum absolute atomic E-state index is 6.59. The van der Waals surface area contributed by atoms with E-state index in [-0.39, 0.29) is 21.1 Å². The van der Waals surface area contributed by atoms with Crippen molar-refractivity contribution in [2.24, 2.45) is 0 Å². The van der Waals surface area contributed by atoms with E-state index in [2.05, 4.69) is 52.3 Å². The van der Waals surface area contributed by atoms with Gasteiger partial charge in [-0.15, -0.1) is 24.3 Å². The fraction of sp³-hybridized carbons (Fsp3) is 0.0256. The summed E-state index contributed by atoms with van der Waals surface area (Å²) >= 11 is 0. The summed E-state index contributed by atoms with van der Waals surface area (Å²) in [7, 11) is 1.99. The van der Waals surface area contributed by atoms with Crippen molar-refractivity contribution in [3.8, 4) is 11.6 Å². The number of hydrogen-bond acceptors (Lipinski definition) is 7. The van der Waals surface area contributed by atoms with Gasteiger partial charge in [-0.1, -0.05) is 82.8 Å². The zero-order valence-electron chi connectivity index (χ0n) is 25.0. The minimum absolute atomic E-state index is 0. The zero-order chi connectivity index (χ0) is 30.6. The van der Waals surface area contributed by atoms with E-state index in [1.165, 1.54) is 0 Å². The first-order valence-electron chi connectivity index (χ1n) is 14.9. The fourth-order valence-corrected chi connectivity index (χ4v) is 6.04. The van der Waals surface area contributed by atoms with Gasteiger partial charge in [-0.25, -0.2) is 4.98 Å². The Bertz CT molecular complexity index is 2420. The summed E-state index contributed by atoms with van der Waals surface area (Å²) < 4.78 is 19.4. The van der Waals surface area contributed by atoms with E-state index >= 15 is 0 Å². The van der Waals surface area contributed by atoms with Crippen molar-refractivity contribution in [1.82, 2.24) is 9.88 Å². The van der Waals surface area contributed by atoms with Crippen LogP contribution < -0.4 is 14.5 Å². The van der Waals surface area contributed by atoms with Crippen LogP contribution >= 0.6 is 0 Å². The van der Waals surface area contributed by atoms with Crippen molar-refractivity contribution < 1.29 is 34.6 Å². The first-order valence-corrected chi connectivity index (χ1v) is 14.9. The predicted octanol–water partition coefficient (Wildman–Crippen LogP) is 10.1. The molecule has 0 aliphatic carbocycles. The number of furan rings is 2. The molecule has 0 atom stereocenters. The number of aromatic nitrogens is 1. The third kappa shape index (κ3) is 5.00. The minimum atomic E-state index is 0. The van der Waals surface area contributed by atoms with Crippen molar-refractivity contribution in [3.63, 3.8) is 0 Å². The van der Waals surface area contributed by atoms with Crippen LogP contribution in [0, 0.1) is 18.8 Å². The van der Waals surface area contributed by atoms with Gasteiger partial charge in [0.25, 0.3) is 0 Å². The number of hydrogen-bond donors (Lipinski definition) is 0. The predicted molar refractivity (Wildman–Crippen MR) is 181 cm³/mol. The molecule has 1 aliphatic rings. The summed E-state index contributed by atoms with van der Waals surface area (Å²) in [5.41, 5.74) is 6.16. The second kappa shape index (κ2) is 11.7. The standard InChI is InChI=1S/C39H25N4O3.Pt/c1-41-19-20-42(25-41)33-22-27(21-31-29-13-5-7-15-35(29)45-38(31)33)43(26-11-3-2-4-12-26)34-24-28(44-37-17-9-10-18-40-37)23-32-30-14-6-8-16-36(30)46-39(32)34;/h2-21,23,25H,1H3;/q-3;. The average molecular weight is 793 g/mol. The molecular formula is C39H25N4O3Pt-3. The van der Waals surface area contributed by atoms with Gasteiger partial charge in [0.1, 0.15) is 11.2 Å². The Morgan fingerprint density at radius 2 is 1.40 bits per heavy atom. The second-order valence-electron chi connectivity index (χ2n) is 11.1.